The van der Waals surface area contributed by atoms with Gasteiger partial charge in [-0.2, -0.15) is 0 Å². The van der Waals surface area contributed by atoms with E-state index < -0.39 is 21.5 Å². The van der Waals surface area contributed by atoms with E-state index in [4.69, 9.17) is 21.1 Å². The van der Waals surface area contributed by atoms with Crippen molar-refractivity contribution >= 4 is 45.2 Å². The minimum Gasteiger partial charge on any atom is -0.127 e. The molecule has 6 heterocycles. The number of rotatable bonds is 8. The number of aryl methyl sites for hydroxylation is 1. The molecular weight excluding hydrogens is 717 g/mol. The second-order valence-electron chi connectivity index (χ2n) is 10.5. The quantitative estimate of drug-likeness (QED) is 0.215. The first-order valence-corrected chi connectivity index (χ1v) is 17.6. The Morgan fingerprint density at radius 1 is 1.18 bits per heavy atom. The van der Waals surface area contributed by atoms with Crippen LogP contribution >= 0.6 is 22.9 Å². The average molecular weight is 745 g/mol. The number of esters is 1. The molecule has 3 aromatic heterocycles. The number of thiophene rings is 1. The number of nitrogens with zero attached hydrogens (tertiary/aromatic N) is 6. The SMILES string of the molecule is O=C(OCCN1CCOCC1)c1ccc(-c2cnc([C@@H]3CCc4cc(-c5cc(Cl)ccc5N5C=N[I-]C=N5)cc(=O)n43)[nH]2)s1. The Kier molecular flexibility index (Phi) is 8.62. The van der Waals surface area contributed by atoms with Crippen molar-refractivity contribution in [2.24, 2.45) is 8.31 Å². The van der Waals surface area contributed by atoms with Gasteiger partial charge < -0.3 is 9.47 Å². The van der Waals surface area contributed by atoms with Crippen molar-refractivity contribution in [1.82, 2.24) is 19.4 Å². The first-order valence-electron chi connectivity index (χ1n) is 14.2. The molecule has 3 aliphatic rings. The fourth-order valence-electron chi connectivity index (χ4n) is 5.65. The Morgan fingerprint density at radius 2 is 2.07 bits per heavy atom. The minimum absolute atomic E-state index is 0.108. The van der Waals surface area contributed by atoms with E-state index in [1.807, 2.05) is 39.1 Å². The van der Waals surface area contributed by atoms with Crippen molar-refractivity contribution in [3.63, 3.8) is 0 Å². The number of hydrazone groups is 1. The molecule has 0 aliphatic carbocycles. The van der Waals surface area contributed by atoms with E-state index in [-0.39, 0.29) is 17.6 Å². The van der Waals surface area contributed by atoms with Crippen molar-refractivity contribution in [2.75, 3.05) is 44.5 Å². The standard InChI is InChI=1S/C30H28ClIN7O4S/c31-20-1-3-24(38-18-34-32-17-35-38)22(15-20)19-13-21-2-4-25(39(21)28(40)14-19)29-33-16-23(36-29)26-5-6-27(44-26)30(41)43-12-9-37-7-10-42-11-8-37/h1,3,5-6,13-18,25H,2,4,7-12H2,(H,33,36)/q-1/t25-/m0/s1. The molecule has 44 heavy (non-hydrogen) atoms. The summed E-state index contributed by atoms with van der Waals surface area (Å²) in [6, 6.07) is 12.7. The Morgan fingerprint density at radius 3 is 2.91 bits per heavy atom. The molecular formula is C30H28ClIN7O4S-. The smallest absolute Gasteiger partial charge is 0.127 e. The zero-order chi connectivity index (χ0) is 30.0. The first-order chi connectivity index (χ1) is 21.5. The molecule has 11 nitrogen and oxygen atoms in total. The number of carbonyl (C=O) groups is 1. The Hall–Kier alpha value is -3.37. The summed E-state index contributed by atoms with van der Waals surface area (Å²) in [5.74, 6) is 0.382. The van der Waals surface area contributed by atoms with Gasteiger partial charge in [0.15, 0.2) is 0 Å². The molecule has 1 N–H and O–H groups in total. The molecule has 0 unspecified atom stereocenters. The van der Waals surface area contributed by atoms with Gasteiger partial charge in [-0.1, -0.05) is 0 Å². The second kappa shape index (κ2) is 12.9. The van der Waals surface area contributed by atoms with E-state index in [0.717, 1.165) is 59.0 Å². The summed E-state index contributed by atoms with van der Waals surface area (Å²) in [4.78, 5) is 37.9. The Bertz CT molecular complexity index is 1800. The van der Waals surface area contributed by atoms with Crippen LogP contribution < -0.4 is 32.0 Å². The molecule has 0 bridgehead atoms. The number of hydrogen-bond acceptors (Lipinski definition) is 10. The van der Waals surface area contributed by atoms with E-state index in [0.29, 0.717) is 42.1 Å². The van der Waals surface area contributed by atoms with Crippen LogP contribution in [-0.4, -0.2) is 75.4 Å². The van der Waals surface area contributed by atoms with Crippen LogP contribution in [0.3, 0.4) is 0 Å². The van der Waals surface area contributed by atoms with Gasteiger partial charge in [-0.05, 0) is 12.1 Å². The van der Waals surface area contributed by atoms with Crippen LogP contribution in [0.15, 0.2) is 61.8 Å². The van der Waals surface area contributed by atoms with Crippen molar-refractivity contribution in [3.8, 4) is 21.7 Å². The Balaban J connectivity index is 1.07. The minimum atomic E-state index is -0.410. The number of halogens is 2. The summed E-state index contributed by atoms with van der Waals surface area (Å²) in [5, 5.41) is 6.76. The van der Waals surface area contributed by atoms with E-state index in [1.54, 1.807) is 29.7 Å². The van der Waals surface area contributed by atoms with Crippen LogP contribution in [0.5, 0.6) is 0 Å². The fraction of sp³-hybridized carbons (Fsp3) is 0.300. The summed E-state index contributed by atoms with van der Waals surface area (Å²) in [5.41, 5.74) is 4.03. The van der Waals surface area contributed by atoms with E-state index in [2.05, 4.69) is 23.2 Å². The molecule has 1 atom stereocenters. The number of anilines is 1. The normalized spacial score (nSPS) is 18.3. The van der Waals surface area contributed by atoms with Crippen molar-refractivity contribution in [1.29, 1.82) is 0 Å². The predicted octanol–water partition coefficient (Wildman–Crippen LogP) is 1.44. The number of nitrogens with one attached hydrogen (secondary N) is 1. The van der Waals surface area contributed by atoms with Gasteiger partial charge in [0.25, 0.3) is 0 Å². The van der Waals surface area contributed by atoms with Crippen molar-refractivity contribution in [3.05, 3.63) is 80.4 Å². The summed E-state index contributed by atoms with van der Waals surface area (Å²) in [6.45, 7) is 4.19. The van der Waals surface area contributed by atoms with Crippen molar-refractivity contribution in [2.45, 2.75) is 18.9 Å². The van der Waals surface area contributed by atoms with Crippen LogP contribution in [0, 0.1) is 0 Å². The molecule has 0 saturated carbocycles. The predicted molar refractivity (Wildman–Crippen MR) is 167 cm³/mol. The van der Waals surface area contributed by atoms with Gasteiger partial charge in [-0.3, -0.25) is 4.90 Å². The topological polar surface area (TPSA) is 117 Å². The number of aromatic amines is 1. The molecule has 14 heteroatoms. The molecule has 0 spiro atoms. The third-order valence-electron chi connectivity index (χ3n) is 7.80. The number of fused-ring (bicyclic) bond motifs is 1. The molecule has 3 aliphatic heterocycles. The second-order valence-corrected chi connectivity index (χ2v) is 13.7. The van der Waals surface area contributed by atoms with Crippen LogP contribution in [0.4, 0.5) is 5.69 Å². The van der Waals surface area contributed by atoms with Gasteiger partial charge in [-0.15, -0.1) is 11.3 Å². The average Bonchev–Trinajstić information content (AvgIpc) is 3.82. The van der Waals surface area contributed by atoms with Crippen molar-refractivity contribution < 1.29 is 35.7 Å². The number of morpholine rings is 1. The monoisotopic (exact) mass is 744 g/mol. The fourth-order valence-corrected chi connectivity index (χ4v) is 7.59. The Labute approximate surface area is 272 Å². The first kappa shape index (κ1) is 29.3. The molecule has 7 rings (SSSR count). The van der Waals surface area contributed by atoms with E-state index in [1.165, 1.54) is 11.3 Å². The molecule has 1 fully saturated rings. The number of pyridine rings is 1. The van der Waals surface area contributed by atoms with Crippen LogP contribution in [0.1, 0.15) is 33.7 Å². The summed E-state index contributed by atoms with van der Waals surface area (Å²) in [6.07, 6.45) is 4.95. The van der Waals surface area contributed by atoms with Crippen LogP contribution in [0.25, 0.3) is 21.7 Å². The summed E-state index contributed by atoms with van der Waals surface area (Å²) < 4.78 is 18.9. The number of imidazole rings is 1. The summed E-state index contributed by atoms with van der Waals surface area (Å²) >= 11 is 7.33. The zero-order valence-corrected chi connectivity index (χ0v) is 27.2. The van der Waals surface area contributed by atoms with Gasteiger partial charge >= 0.3 is 170 Å². The number of H-pyrrole nitrogens is 1. The van der Waals surface area contributed by atoms with Gasteiger partial charge in [-0.25, -0.2) is 4.79 Å². The number of ether oxygens (including phenoxy) is 2. The number of benzene rings is 1. The number of aromatic nitrogens is 3. The maximum atomic E-state index is 13.6. The molecule has 1 saturated heterocycles. The number of hydrogen-bond donors (Lipinski definition) is 1. The maximum absolute atomic E-state index is 13.6. The summed E-state index contributed by atoms with van der Waals surface area (Å²) in [7, 11) is 0. The molecule has 0 amide bonds. The van der Waals surface area contributed by atoms with Crippen LogP contribution in [0.2, 0.25) is 5.02 Å². The molecule has 4 aromatic rings. The van der Waals surface area contributed by atoms with E-state index >= 15 is 0 Å². The third-order valence-corrected chi connectivity index (χ3v) is 10.2. The van der Waals surface area contributed by atoms with Gasteiger partial charge in [0.2, 0.25) is 0 Å². The third kappa shape index (κ3) is 6.11. The molecule has 1 aromatic carbocycles. The van der Waals surface area contributed by atoms with Gasteiger partial charge in [0.1, 0.15) is 11.5 Å². The zero-order valence-electron chi connectivity index (χ0n) is 23.5. The van der Waals surface area contributed by atoms with Gasteiger partial charge in [0, 0.05) is 19.6 Å². The van der Waals surface area contributed by atoms with Crippen LogP contribution in [-0.2, 0) is 15.9 Å². The molecule has 228 valence electrons. The number of carbonyl (C=O) groups excluding carboxylic acids is 1. The molecule has 0 radical (unpaired) electrons. The van der Waals surface area contributed by atoms with E-state index in [9.17, 15) is 9.59 Å². The van der Waals surface area contributed by atoms with Gasteiger partial charge in [0.05, 0.1) is 30.0 Å².